The van der Waals surface area contributed by atoms with Crippen LogP contribution in [0.25, 0.3) is 0 Å². The van der Waals surface area contributed by atoms with Crippen molar-refractivity contribution in [2.75, 3.05) is 48.3 Å². The van der Waals surface area contributed by atoms with Gasteiger partial charge in [-0.3, -0.25) is 4.79 Å². The Kier molecular flexibility index (Phi) is 5.83. The number of fused-ring (bicyclic) bond motifs is 1. The van der Waals surface area contributed by atoms with Crippen LogP contribution in [0.15, 0.2) is 46.2 Å². The number of piperazine rings is 1. The van der Waals surface area contributed by atoms with Crippen molar-refractivity contribution < 1.29 is 13.2 Å². The lowest BCUT2D eigenvalue weighted by Crippen LogP contribution is -2.48. The van der Waals surface area contributed by atoms with E-state index in [1.54, 1.807) is 33.1 Å². The van der Waals surface area contributed by atoms with Gasteiger partial charge in [-0.2, -0.15) is 4.31 Å². The highest BCUT2D eigenvalue weighted by Crippen LogP contribution is 2.37. The number of benzene rings is 2. The van der Waals surface area contributed by atoms with Crippen molar-refractivity contribution in [3.8, 4) is 0 Å². The lowest BCUT2D eigenvalue weighted by Gasteiger charge is -2.36. The molecule has 2 aliphatic heterocycles. The molecule has 0 radical (unpaired) electrons. The van der Waals surface area contributed by atoms with E-state index in [4.69, 9.17) is 0 Å². The van der Waals surface area contributed by atoms with Crippen LogP contribution in [0.4, 0.5) is 11.4 Å². The fraction of sp³-hybridized carbons (Fsp3) is 0.409. The molecule has 30 heavy (non-hydrogen) atoms. The van der Waals surface area contributed by atoms with Gasteiger partial charge in [-0.25, -0.2) is 8.42 Å². The number of hydrogen-bond acceptors (Lipinski definition) is 5. The fourth-order valence-corrected chi connectivity index (χ4v) is 6.48. The Hall–Kier alpha value is -2.03. The number of thioether (sulfide) groups is 1. The van der Waals surface area contributed by atoms with E-state index in [9.17, 15) is 13.2 Å². The molecule has 0 N–H and O–H groups in total. The summed E-state index contributed by atoms with van der Waals surface area (Å²) in [5.74, 6) is 0.757. The molecule has 2 aromatic carbocycles. The number of carbonyl (C=O) groups is 1. The second kappa shape index (κ2) is 8.24. The van der Waals surface area contributed by atoms with Gasteiger partial charge in [-0.05, 0) is 49.2 Å². The Balaban J connectivity index is 1.55. The van der Waals surface area contributed by atoms with E-state index in [0.29, 0.717) is 38.4 Å². The lowest BCUT2D eigenvalue weighted by molar-refractivity contribution is -0.116. The van der Waals surface area contributed by atoms with Gasteiger partial charge in [-0.15, -0.1) is 11.8 Å². The number of anilines is 2. The van der Waals surface area contributed by atoms with E-state index >= 15 is 0 Å². The van der Waals surface area contributed by atoms with Gasteiger partial charge in [0.2, 0.25) is 15.9 Å². The molecule has 0 saturated carbocycles. The molecule has 1 fully saturated rings. The monoisotopic (exact) mass is 445 g/mol. The molecule has 160 valence electrons. The molecule has 1 saturated heterocycles. The zero-order chi connectivity index (χ0) is 21.5. The normalized spacial score (nSPS) is 17.7. The molecule has 4 rings (SSSR count). The third-order valence-electron chi connectivity index (χ3n) is 5.76. The van der Waals surface area contributed by atoms with Crippen LogP contribution in [-0.4, -0.2) is 57.1 Å². The maximum absolute atomic E-state index is 13.3. The van der Waals surface area contributed by atoms with Gasteiger partial charge in [0, 0.05) is 56.0 Å². The predicted octanol–water partition coefficient (Wildman–Crippen LogP) is 3.27. The molecule has 0 aliphatic carbocycles. The molecule has 6 nitrogen and oxygen atoms in total. The molecule has 1 amide bonds. The van der Waals surface area contributed by atoms with E-state index in [-0.39, 0.29) is 10.8 Å². The van der Waals surface area contributed by atoms with Gasteiger partial charge >= 0.3 is 0 Å². The summed E-state index contributed by atoms with van der Waals surface area (Å²) in [6, 6.07) is 11.5. The Bertz CT molecular complexity index is 1080. The summed E-state index contributed by atoms with van der Waals surface area (Å²) >= 11 is 1.66. The predicted molar refractivity (Wildman–Crippen MR) is 122 cm³/mol. The molecule has 0 atom stereocenters. The van der Waals surface area contributed by atoms with Crippen molar-refractivity contribution in [1.29, 1.82) is 0 Å². The third kappa shape index (κ3) is 3.96. The van der Waals surface area contributed by atoms with Gasteiger partial charge in [0.25, 0.3) is 0 Å². The maximum atomic E-state index is 13.3. The van der Waals surface area contributed by atoms with Crippen LogP contribution >= 0.6 is 11.8 Å². The number of hydrogen-bond donors (Lipinski definition) is 0. The first-order valence-electron chi connectivity index (χ1n) is 10.1. The van der Waals surface area contributed by atoms with E-state index in [0.717, 1.165) is 10.6 Å². The summed E-state index contributed by atoms with van der Waals surface area (Å²) in [5.41, 5.74) is 4.28. The van der Waals surface area contributed by atoms with Crippen LogP contribution in [0.3, 0.4) is 0 Å². The van der Waals surface area contributed by atoms with Gasteiger partial charge in [-0.1, -0.05) is 12.1 Å². The van der Waals surface area contributed by atoms with E-state index < -0.39 is 10.0 Å². The molecule has 0 spiro atoms. The SMILES string of the molecule is CC(=O)N1CCSc2ccc(S(=O)(=O)N3CCN(c4cc(C)ccc4C)CC3)cc21. The van der Waals surface area contributed by atoms with E-state index in [1.807, 2.05) is 6.07 Å². The van der Waals surface area contributed by atoms with Crippen LogP contribution in [0, 0.1) is 13.8 Å². The Morgan fingerprint density at radius 1 is 0.933 bits per heavy atom. The standard InChI is InChI=1S/C22H27N3O3S2/c1-16-4-5-17(2)20(14-16)23-8-10-24(11-9-23)30(27,28)19-6-7-22-21(15-19)25(18(3)26)12-13-29-22/h4-7,14-15H,8-13H2,1-3H3. The minimum absolute atomic E-state index is 0.0618. The molecule has 8 heteroatoms. The Labute approximate surface area is 182 Å². The smallest absolute Gasteiger partial charge is 0.243 e. The second-order valence-electron chi connectivity index (χ2n) is 7.83. The van der Waals surface area contributed by atoms with Crippen molar-refractivity contribution in [3.63, 3.8) is 0 Å². The third-order valence-corrected chi connectivity index (χ3v) is 8.69. The lowest BCUT2D eigenvalue weighted by atomic mass is 10.1. The molecule has 2 heterocycles. The summed E-state index contributed by atoms with van der Waals surface area (Å²) < 4.78 is 28.2. The van der Waals surface area contributed by atoms with Gasteiger partial charge < -0.3 is 9.80 Å². The number of carbonyl (C=O) groups excluding carboxylic acids is 1. The largest absolute Gasteiger partial charge is 0.369 e. The van der Waals surface area contributed by atoms with Crippen molar-refractivity contribution in [2.24, 2.45) is 0 Å². The first kappa shape index (κ1) is 21.2. The summed E-state index contributed by atoms with van der Waals surface area (Å²) in [7, 11) is -3.61. The topological polar surface area (TPSA) is 60.9 Å². The number of sulfonamides is 1. The van der Waals surface area contributed by atoms with Crippen molar-refractivity contribution in [2.45, 2.75) is 30.6 Å². The highest BCUT2D eigenvalue weighted by atomic mass is 32.2. The van der Waals surface area contributed by atoms with Crippen LogP contribution in [0.5, 0.6) is 0 Å². The van der Waals surface area contributed by atoms with Gasteiger partial charge in [0.1, 0.15) is 0 Å². The quantitative estimate of drug-likeness (QED) is 0.726. The average molecular weight is 446 g/mol. The molecule has 0 bridgehead atoms. The fourth-order valence-electron chi connectivity index (χ4n) is 4.06. The summed E-state index contributed by atoms with van der Waals surface area (Å²) in [5, 5.41) is 0. The molecule has 0 unspecified atom stereocenters. The van der Waals surface area contributed by atoms with Crippen LogP contribution in [-0.2, 0) is 14.8 Å². The molecule has 2 aromatic rings. The van der Waals surface area contributed by atoms with Gasteiger partial charge in [0.05, 0.1) is 10.6 Å². The Morgan fingerprint density at radius 2 is 1.67 bits per heavy atom. The highest BCUT2D eigenvalue weighted by Gasteiger charge is 2.31. The van der Waals surface area contributed by atoms with Crippen molar-refractivity contribution in [1.82, 2.24) is 4.31 Å². The summed E-state index contributed by atoms with van der Waals surface area (Å²) in [6.07, 6.45) is 0. The number of amides is 1. The molecular weight excluding hydrogens is 418 g/mol. The average Bonchev–Trinajstić information content (AvgIpc) is 2.74. The number of nitrogens with zero attached hydrogens (tertiary/aromatic N) is 3. The minimum atomic E-state index is -3.61. The maximum Gasteiger partial charge on any atom is 0.243 e. The number of aryl methyl sites for hydroxylation is 2. The van der Waals surface area contributed by atoms with Crippen LogP contribution in [0.1, 0.15) is 18.1 Å². The molecular formula is C22H27N3O3S2. The minimum Gasteiger partial charge on any atom is -0.369 e. The second-order valence-corrected chi connectivity index (χ2v) is 10.9. The van der Waals surface area contributed by atoms with Crippen molar-refractivity contribution in [3.05, 3.63) is 47.5 Å². The van der Waals surface area contributed by atoms with Crippen LogP contribution < -0.4 is 9.80 Å². The zero-order valence-electron chi connectivity index (χ0n) is 17.6. The highest BCUT2D eigenvalue weighted by molar-refractivity contribution is 7.99. The van der Waals surface area contributed by atoms with E-state index in [1.165, 1.54) is 23.7 Å². The molecule has 2 aliphatic rings. The first-order valence-corrected chi connectivity index (χ1v) is 12.6. The zero-order valence-corrected chi connectivity index (χ0v) is 19.2. The van der Waals surface area contributed by atoms with Gasteiger partial charge in [0.15, 0.2) is 0 Å². The van der Waals surface area contributed by atoms with Crippen molar-refractivity contribution >= 4 is 39.1 Å². The van der Waals surface area contributed by atoms with E-state index in [2.05, 4.69) is 36.9 Å². The summed E-state index contributed by atoms with van der Waals surface area (Å²) in [6.45, 7) is 8.48. The number of rotatable bonds is 3. The van der Waals surface area contributed by atoms with Crippen LogP contribution in [0.2, 0.25) is 0 Å². The molecule has 0 aromatic heterocycles. The summed E-state index contributed by atoms with van der Waals surface area (Å²) in [4.78, 5) is 17.1. The Morgan fingerprint density at radius 3 is 2.37 bits per heavy atom. The first-order chi connectivity index (χ1) is 14.3.